The van der Waals surface area contributed by atoms with Crippen LogP contribution in [0.1, 0.15) is 32.4 Å². The highest BCUT2D eigenvalue weighted by atomic mass is 79.9. The van der Waals surface area contributed by atoms with Crippen LogP contribution in [-0.4, -0.2) is 15.0 Å². The Balaban J connectivity index is 3.00. The van der Waals surface area contributed by atoms with Crippen molar-refractivity contribution >= 4 is 15.9 Å². The highest BCUT2D eigenvalue weighted by molar-refractivity contribution is 9.10. The van der Waals surface area contributed by atoms with Gasteiger partial charge in [0.1, 0.15) is 4.60 Å². The molecule has 1 aromatic heterocycles. The normalized spacial score (nSPS) is 11.0. The summed E-state index contributed by atoms with van der Waals surface area (Å²) in [7, 11) is 0. The molecule has 0 amide bonds. The summed E-state index contributed by atoms with van der Waals surface area (Å²) in [6.45, 7) is 7.12. The van der Waals surface area contributed by atoms with E-state index in [4.69, 9.17) is 0 Å². The lowest BCUT2D eigenvalue weighted by molar-refractivity contribution is 0.615. The molecular weight excluding hydrogens is 206 g/mol. The van der Waals surface area contributed by atoms with E-state index in [2.05, 4.69) is 40.1 Å². The van der Waals surface area contributed by atoms with E-state index in [9.17, 15) is 0 Å². The second-order valence-electron chi connectivity index (χ2n) is 2.74. The zero-order valence-corrected chi connectivity index (χ0v) is 8.59. The summed E-state index contributed by atoms with van der Waals surface area (Å²) < 4.78 is 2.85. The van der Waals surface area contributed by atoms with E-state index in [-0.39, 0.29) is 0 Å². The minimum Gasteiger partial charge on any atom is -0.238 e. The first-order chi connectivity index (χ1) is 5.16. The van der Waals surface area contributed by atoms with Crippen molar-refractivity contribution in [2.24, 2.45) is 0 Å². The number of rotatable bonds is 2. The zero-order chi connectivity index (χ0) is 8.43. The van der Waals surface area contributed by atoms with Gasteiger partial charge in [-0.2, -0.15) is 0 Å². The van der Waals surface area contributed by atoms with Gasteiger partial charge in [0.15, 0.2) is 0 Å². The molecule has 0 aliphatic carbocycles. The fraction of sp³-hybridized carbons (Fsp3) is 0.714. The zero-order valence-electron chi connectivity index (χ0n) is 7.00. The van der Waals surface area contributed by atoms with Crippen molar-refractivity contribution in [2.75, 3.05) is 0 Å². The van der Waals surface area contributed by atoms with Gasteiger partial charge < -0.3 is 0 Å². The number of nitrogens with zero attached hydrogens (tertiary/aromatic N) is 3. The third-order valence-corrected chi connectivity index (χ3v) is 2.36. The lowest BCUT2D eigenvalue weighted by Gasteiger charge is -1.99. The Labute approximate surface area is 74.9 Å². The van der Waals surface area contributed by atoms with E-state index in [0.29, 0.717) is 5.92 Å². The Hall–Kier alpha value is -0.380. The largest absolute Gasteiger partial charge is 0.238 e. The molecule has 0 fully saturated rings. The quantitative estimate of drug-likeness (QED) is 0.761. The number of hydrogen-bond donors (Lipinski definition) is 0. The third kappa shape index (κ3) is 1.61. The fourth-order valence-corrected chi connectivity index (χ4v) is 1.73. The lowest BCUT2D eigenvalue weighted by Crippen LogP contribution is -1.96. The van der Waals surface area contributed by atoms with Gasteiger partial charge in [-0.1, -0.05) is 19.1 Å². The molecule has 0 bridgehead atoms. The molecule has 1 aromatic rings. The molecule has 0 atom stereocenters. The van der Waals surface area contributed by atoms with Crippen LogP contribution in [0.25, 0.3) is 0 Å². The molecule has 3 nitrogen and oxygen atoms in total. The first-order valence-electron chi connectivity index (χ1n) is 3.75. The molecule has 4 heteroatoms. The molecule has 62 valence electrons. The topological polar surface area (TPSA) is 30.7 Å². The van der Waals surface area contributed by atoms with Gasteiger partial charge in [-0.15, -0.1) is 5.10 Å². The molecule has 0 N–H and O–H groups in total. The Kier molecular flexibility index (Phi) is 2.65. The summed E-state index contributed by atoms with van der Waals surface area (Å²) in [5.41, 5.74) is 1.03. The van der Waals surface area contributed by atoms with Crippen molar-refractivity contribution in [3.05, 3.63) is 10.3 Å². The van der Waals surface area contributed by atoms with Crippen LogP contribution in [0.5, 0.6) is 0 Å². The first kappa shape index (κ1) is 8.71. The molecule has 0 radical (unpaired) electrons. The van der Waals surface area contributed by atoms with Gasteiger partial charge >= 0.3 is 0 Å². The third-order valence-electron chi connectivity index (χ3n) is 1.54. The van der Waals surface area contributed by atoms with E-state index >= 15 is 0 Å². The second kappa shape index (κ2) is 3.34. The Morgan fingerprint density at radius 3 is 2.45 bits per heavy atom. The van der Waals surface area contributed by atoms with Crippen molar-refractivity contribution in [3.63, 3.8) is 0 Å². The average Bonchev–Trinajstić information content (AvgIpc) is 2.30. The van der Waals surface area contributed by atoms with Crippen LogP contribution in [0.15, 0.2) is 4.60 Å². The number of aromatic nitrogens is 3. The van der Waals surface area contributed by atoms with Crippen molar-refractivity contribution < 1.29 is 0 Å². The molecule has 0 unspecified atom stereocenters. The molecular formula is C7H12BrN3. The van der Waals surface area contributed by atoms with Gasteiger partial charge in [0.05, 0.1) is 5.69 Å². The Morgan fingerprint density at radius 1 is 1.55 bits per heavy atom. The maximum Gasteiger partial charge on any atom is 0.127 e. The predicted molar refractivity (Wildman–Crippen MR) is 47.5 cm³/mol. The van der Waals surface area contributed by atoms with Crippen LogP contribution < -0.4 is 0 Å². The summed E-state index contributed by atoms with van der Waals surface area (Å²) in [5.74, 6) is 0.435. The van der Waals surface area contributed by atoms with Crippen molar-refractivity contribution in [1.29, 1.82) is 0 Å². The Morgan fingerprint density at radius 2 is 2.18 bits per heavy atom. The summed E-state index contributed by atoms with van der Waals surface area (Å²) in [4.78, 5) is 0. The summed E-state index contributed by atoms with van der Waals surface area (Å²) >= 11 is 3.45. The monoisotopic (exact) mass is 217 g/mol. The summed E-state index contributed by atoms with van der Waals surface area (Å²) in [6.07, 6.45) is 0. The van der Waals surface area contributed by atoms with E-state index in [1.807, 2.05) is 11.6 Å². The van der Waals surface area contributed by atoms with Crippen molar-refractivity contribution in [2.45, 2.75) is 33.2 Å². The van der Waals surface area contributed by atoms with E-state index in [0.717, 1.165) is 16.8 Å². The molecule has 0 saturated carbocycles. The van der Waals surface area contributed by atoms with E-state index < -0.39 is 0 Å². The van der Waals surface area contributed by atoms with Crippen LogP contribution in [0, 0.1) is 0 Å². The first-order valence-corrected chi connectivity index (χ1v) is 4.55. The van der Waals surface area contributed by atoms with Gasteiger partial charge in [0, 0.05) is 12.5 Å². The summed E-state index contributed by atoms with van der Waals surface area (Å²) in [6, 6.07) is 0. The maximum atomic E-state index is 4.05. The van der Waals surface area contributed by atoms with Crippen LogP contribution in [0.3, 0.4) is 0 Å². The molecule has 0 spiro atoms. The smallest absolute Gasteiger partial charge is 0.127 e. The minimum absolute atomic E-state index is 0.435. The molecule has 11 heavy (non-hydrogen) atoms. The number of halogens is 1. The maximum absolute atomic E-state index is 4.05. The molecule has 0 aromatic carbocycles. The van der Waals surface area contributed by atoms with E-state index in [1.54, 1.807) is 0 Å². The predicted octanol–water partition coefficient (Wildman–Crippen LogP) is 2.18. The SMILES string of the molecule is CCn1nnc(C(C)C)c1Br. The van der Waals surface area contributed by atoms with Crippen molar-refractivity contribution in [3.8, 4) is 0 Å². The highest BCUT2D eigenvalue weighted by Gasteiger charge is 2.11. The number of hydrogen-bond acceptors (Lipinski definition) is 2. The van der Waals surface area contributed by atoms with E-state index in [1.165, 1.54) is 0 Å². The average molecular weight is 218 g/mol. The molecule has 1 rings (SSSR count). The van der Waals surface area contributed by atoms with Gasteiger partial charge in [0.25, 0.3) is 0 Å². The lowest BCUT2D eigenvalue weighted by atomic mass is 10.2. The molecule has 0 aliphatic heterocycles. The Bertz CT molecular complexity index is 242. The van der Waals surface area contributed by atoms with Crippen LogP contribution >= 0.6 is 15.9 Å². The van der Waals surface area contributed by atoms with Gasteiger partial charge in [-0.3, -0.25) is 0 Å². The second-order valence-corrected chi connectivity index (χ2v) is 3.49. The highest BCUT2D eigenvalue weighted by Crippen LogP contribution is 2.21. The van der Waals surface area contributed by atoms with Gasteiger partial charge in [-0.25, -0.2) is 4.68 Å². The van der Waals surface area contributed by atoms with Crippen LogP contribution in [0.4, 0.5) is 0 Å². The van der Waals surface area contributed by atoms with Gasteiger partial charge in [0.2, 0.25) is 0 Å². The number of aryl methyl sites for hydroxylation is 1. The van der Waals surface area contributed by atoms with Crippen LogP contribution in [0.2, 0.25) is 0 Å². The van der Waals surface area contributed by atoms with Crippen LogP contribution in [-0.2, 0) is 6.54 Å². The minimum atomic E-state index is 0.435. The standard InChI is InChI=1S/C7H12BrN3/c1-4-11-7(8)6(5(2)3)9-10-11/h5H,4H2,1-3H3. The van der Waals surface area contributed by atoms with Gasteiger partial charge in [-0.05, 0) is 22.9 Å². The molecule has 0 saturated heterocycles. The molecule has 1 heterocycles. The van der Waals surface area contributed by atoms with Crippen molar-refractivity contribution in [1.82, 2.24) is 15.0 Å². The summed E-state index contributed by atoms with van der Waals surface area (Å²) in [5, 5.41) is 8.03. The fourth-order valence-electron chi connectivity index (χ4n) is 0.871. The molecule has 0 aliphatic rings.